The van der Waals surface area contributed by atoms with Gasteiger partial charge in [0.15, 0.2) is 0 Å². The maximum atomic E-state index is 11.9. The second kappa shape index (κ2) is 6.03. The molecule has 6 nitrogen and oxygen atoms in total. The van der Waals surface area contributed by atoms with Crippen molar-refractivity contribution in [3.05, 3.63) is 21.3 Å². The summed E-state index contributed by atoms with van der Waals surface area (Å²) in [4.78, 5) is 35.2. The molecule has 1 aliphatic heterocycles. The van der Waals surface area contributed by atoms with Gasteiger partial charge in [-0.05, 0) is 18.6 Å². The highest BCUT2D eigenvalue weighted by Gasteiger charge is 2.25. The molecule has 4 amide bonds. The highest BCUT2D eigenvalue weighted by atomic mass is 35.5. The van der Waals surface area contributed by atoms with E-state index < -0.39 is 12.1 Å². The first-order valence-corrected chi connectivity index (χ1v) is 6.86. The molecular weight excluding hydrogens is 290 g/mol. The molecule has 0 bridgehead atoms. The molecule has 3 N–H and O–H groups in total. The number of carbonyl (C=O) groups is 3. The van der Waals surface area contributed by atoms with E-state index >= 15 is 0 Å². The lowest BCUT2D eigenvalue weighted by Crippen LogP contribution is -2.47. The first kappa shape index (κ1) is 13.8. The molecule has 2 rings (SSSR count). The van der Waals surface area contributed by atoms with E-state index in [1.54, 1.807) is 6.07 Å². The van der Waals surface area contributed by atoms with Crippen LogP contribution in [0, 0.1) is 0 Å². The van der Waals surface area contributed by atoms with Crippen LogP contribution >= 0.6 is 22.9 Å². The normalized spacial score (nSPS) is 19.3. The molecule has 0 aromatic carbocycles. The van der Waals surface area contributed by atoms with E-state index in [0.717, 1.165) is 4.88 Å². The Bertz CT molecular complexity index is 517. The molecule has 2 heterocycles. The molecule has 1 aromatic rings. The summed E-state index contributed by atoms with van der Waals surface area (Å²) in [7, 11) is 0. The van der Waals surface area contributed by atoms with E-state index in [1.807, 2.05) is 6.07 Å². The van der Waals surface area contributed by atoms with Crippen LogP contribution in [0.5, 0.6) is 0 Å². The molecule has 1 fully saturated rings. The molecule has 1 unspecified atom stereocenters. The Kier molecular flexibility index (Phi) is 4.39. The fourth-order valence-electron chi connectivity index (χ4n) is 1.67. The fourth-order valence-corrected chi connectivity index (χ4v) is 2.70. The summed E-state index contributed by atoms with van der Waals surface area (Å²) in [6, 6.07) is 2.25. The van der Waals surface area contributed by atoms with Gasteiger partial charge >= 0.3 is 6.03 Å². The lowest BCUT2D eigenvalue weighted by molar-refractivity contribution is -0.123. The zero-order valence-electron chi connectivity index (χ0n) is 9.86. The smallest absolute Gasteiger partial charge is 0.322 e. The molecule has 1 aliphatic rings. The molecule has 1 atom stereocenters. The first-order valence-electron chi connectivity index (χ1n) is 5.67. The maximum Gasteiger partial charge on any atom is 0.322 e. The van der Waals surface area contributed by atoms with Crippen LogP contribution in [-0.2, 0) is 16.1 Å². The zero-order valence-corrected chi connectivity index (χ0v) is 11.4. The minimum atomic E-state index is -0.693. The number of hydrogen-bond acceptors (Lipinski definition) is 4. The van der Waals surface area contributed by atoms with E-state index in [9.17, 15) is 14.4 Å². The number of nitrogens with one attached hydrogen (secondary N) is 3. The van der Waals surface area contributed by atoms with Crippen molar-refractivity contribution in [2.24, 2.45) is 0 Å². The SMILES string of the molecule is O=C1CCC(C(=O)NCc2ccc(Cl)s2)NC(=O)N1. The molecular formula is C11H12ClN3O3S. The quantitative estimate of drug-likeness (QED) is 0.778. The summed E-state index contributed by atoms with van der Waals surface area (Å²) in [6.45, 7) is 0.351. The fraction of sp³-hybridized carbons (Fsp3) is 0.364. The molecule has 0 spiro atoms. The van der Waals surface area contributed by atoms with Gasteiger partial charge in [0.2, 0.25) is 11.8 Å². The third kappa shape index (κ3) is 3.93. The van der Waals surface area contributed by atoms with Crippen molar-refractivity contribution in [3.8, 4) is 0 Å². The minimum absolute atomic E-state index is 0.141. The standard InChI is InChI=1S/C11H12ClN3O3S/c12-8-3-1-6(19-8)5-13-10(17)7-2-4-9(16)15-11(18)14-7/h1,3,7H,2,4-5H2,(H,13,17)(H2,14,15,16,18). The molecule has 1 saturated heterocycles. The van der Waals surface area contributed by atoms with Gasteiger partial charge < -0.3 is 10.6 Å². The first-order chi connectivity index (χ1) is 9.04. The van der Waals surface area contributed by atoms with E-state index in [0.29, 0.717) is 10.9 Å². The topological polar surface area (TPSA) is 87.3 Å². The Morgan fingerprint density at radius 3 is 2.95 bits per heavy atom. The van der Waals surface area contributed by atoms with Gasteiger partial charge in [-0.25, -0.2) is 4.79 Å². The third-order valence-corrected chi connectivity index (χ3v) is 3.83. The van der Waals surface area contributed by atoms with Crippen LogP contribution in [0.3, 0.4) is 0 Å². The van der Waals surface area contributed by atoms with E-state index in [4.69, 9.17) is 11.6 Å². The van der Waals surface area contributed by atoms with Crippen molar-refractivity contribution >= 4 is 40.8 Å². The number of amides is 4. The van der Waals surface area contributed by atoms with E-state index in [1.165, 1.54) is 11.3 Å². The predicted octanol–water partition coefficient (Wildman–Crippen LogP) is 1.01. The van der Waals surface area contributed by atoms with Crippen LogP contribution < -0.4 is 16.0 Å². The van der Waals surface area contributed by atoms with Crippen LogP contribution in [0.2, 0.25) is 4.34 Å². The molecule has 1 aromatic heterocycles. The Labute approximate surface area is 118 Å². The van der Waals surface area contributed by atoms with Crippen LogP contribution in [-0.4, -0.2) is 23.9 Å². The van der Waals surface area contributed by atoms with Gasteiger partial charge in [0.1, 0.15) is 6.04 Å². The van der Waals surface area contributed by atoms with Crippen molar-refractivity contribution in [1.29, 1.82) is 0 Å². The van der Waals surface area contributed by atoms with Crippen LogP contribution in [0.4, 0.5) is 4.79 Å². The minimum Gasteiger partial charge on any atom is -0.349 e. The predicted molar refractivity (Wildman–Crippen MR) is 70.9 cm³/mol. The van der Waals surface area contributed by atoms with Gasteiger partial charge in [-0.1, -0.05) is 11.6 Å². The Hall–Kier alpha value is -1.60. The second-order valence-electron chi connectivity index (χ2n) is 4.04. The average molecular weight is 302 g/mol. The van der Waals surface area contributed by atoms with Crippen molar-refractivity contribution in [1.82, 2.24) is 16.0 Å². The van der Waals surface area contributed by atoms with Crippen molar-refractivity contribution < 1.29 is 14.4 Å². The monoisotopic (exact) mass is 301 g/mol. The van der Waals surface area contributed by atoms with Gasteiger partial charge in [-0.3, -0.25) is 14.9 Å². The molecule has 0 radical (unpaired) electrons. The zero-order chi connectivity index (χ0) is 13.8. The molecule has 8 heteroatoms. The van der Waals surface area contributed by atoms with Gasteiger partial charge in [0.05, 0.1) is 10.9 Å². The Balaban J connectivity index is 1.88. The number of carbonyl (C=O) groups excluding carboxylic acids is 3. The third-order valence-electron chi connectivity index (χ3n) is 2.60. The molecule has 0 aliphatic carbocycles. The summed E-state index contributed by atoms with van der Waals surface area (Å²) in [5.74, 6) is -0.688. The highest BCUT2D eigenvalue weighted by Crippen LogP contribution is 2.21. The van der Waals surface area contributed by atoms with E-state index in [2.05, 4.69) is 16.0 Å². The number of rotatable bonds is 3. The van der Waals surface area contributed by atoms with Gasteiger partial charge in [-0.15, -0.1) is 11.3 Å². The molecule has 0 saturated carbocycles. The van der Waals surface area contributed by atoms with E-state index in [-0.39, 0.29) is 24.7 Å². The maximum absolute atomic E-state index is 11.9. The van der Waals surface area contributed by atoms with Crippen molar-refractivity contribution in [3.63, 3.8) is 0 Å². The van der Waals surface area contributed by atoms with Crippen LogP contribution in [0.15, 0.2) is 12.1 Å². The number of halogens is 1. The summed E-state index contributed by atoms with van der Waals surface area (Å²) in [6.07, 6.45) is 0.427. The number of imide groups is 1. The van der Waals surface area contributed by atoms with Gasteiger partial charge in [0, 0.05) is 11.3 Å². The number of hydrogen-bond donors (Lipinski definition) is 3. The Morgan fingerprint density at radius 1 is 1.47 bits per heavy atom. The summed E-state index contributed by atoms with van der Waals surface area (Å²) < 4.78 is 0.654. The largest absolute Gasteiger partial charge is 0.349 e. The van der Waals surface area contributed by atoms with Gasteiger partial charge in [-0.2, -0.15) is 0 Å². The van der Waals surface area contributed by atoms with Crippen LogP contribution in [0.1, 0.15) is 17.7 Å². The second-order valence-corrected chi connectivity index (χ2v) is 5.84. The highest BCUT2D eigenvalue weighted by molar-refractivity contribution is 7.16. The number of urea groups is 1. The summed E-state index contributed by atoms with van der Waals surface area (Å²) in [5.41, 5.74) is 0. The van der Waals surface area contributed by atoms with Crippen molar-refractivity contribution in [2.45, 2.75) is 25.4 Å². The van der Waals surface area contributed by atoms with Crippen molar-refractivity contribution in [2.75, 3.05) is 0 Å². The summed E-state index contributed by atoms with van der Waals surface area (Å²) in [5, 5.41) is 7.27. The number of thiophene rings is 1. The van der Waals surface area contributed by atoms with Gasteiger partial charge in [0.25, 0.3) is 0 Å². The molecule has 19 heavy (non-hydrogen) atoms. The Morgan fingerprint density at radius 2 is 2.26 bits per heavy atom. The molecule has 102 valence electrons. The summed E-state index contributed by atoms with van der Waals surface area (Å²) >= 11 is 7.16. The van der Waals surface area contributed by atoms with Crippen LogP contribution in [0.25, 0.3) is 0 Å². The lowest BCUT2D eigenvalue weighted by atomic mass is 10.1. The average Bonchev–Trinajstić information content (AvgIpc) is 2.68. The lowest BCUT2D eigenvalue weighted by Gasteiger charge is -2.14.